The van der Waals surface area contributed by atoms with Crippen LogP contribution in [0, 0.1) is 5.82 Å². The van der Waals surface area contributed by atoms with Gasteiger partial charge in [0.15, 0.2) is 0 Å². The molecule has 0 spiro atoms. The van der Waals surface area contributed by atoms with Crippen molar-refractivity contribution in [1.82, 2.24) is 24.8 Å². The van der Waals surface area contributed by atoms with E-state index in [1.807, 2.05) is 29.1 Å². The van der Waals surface area contributed by atoms with E-state index in [0.717, 1.165) is 36.2 Å². The molecule has 1 N–H and O–H groups in total. The van der Waals surface area contributed by atoms with Crippen molar-refractivity contribution in [2.45, 2.75) is 25.7 Å². The van der Waals surface area contributed by atoms with E-state index in [9.17, 15) is 9.18 Å². The molecular formula is C20H17FN6OS. The highest BCUT2D eigenvalue weighted by Gasteiger charge is 2.26. The summed E-state index contributed by atoms with van der Waals surface area (Å²) in [6.45, 7) is 0. The van der Waals surface area contributed by atoms with Gasteiger partial charge in [0.05, 0.1) is 16.9 Å². The van der Waals surface area contributed by atoms with Crippen LogP contribution in [-0.4, -0.2) is 30.7 Å². The Morgan fingerprint density at radius 3 is 2.79 bits per heavy atom. The zero-order valence-electron chi connectivity index (χ0n) is 15.4. The number of nitrogens with zero attached hydrogens (tertiary/aromatic N) is 5. The molecule has 4 aromatic rings. The lowest BCUT2D eigenvalue weighted by molar-refractivity contribution is 0.102. The van der Waals surface area contributed by atoms with Crippen LogP contribution in [0.5, 0.6) is 0 Å². The van der Waals surface area contributed by atoms with Gasteiger partial charge < -0.3 is 9.88 Å². The van der Waals surface area contributed by atoms with Crippen LogP contribution in [-0.2, 0) is 12.8 Å². The first-order valence-corrected chi connectivity index (χ1v) is 10.1. The van der Waals surface area contributed by atoms with E-state index in [1.165, 1.54) is 28.0 Å². The van der Waals surface area contributed by atoms with Crippen molar-refractivity contribution in [2.24, 2.45) is 0 Å². The van der Waals surface area contributed by atoms with Crippen LogP contribution in [0.15, 0.2) is 49.1 Å². The largest absolute Gasteiger partial charge is 0.319 e. The second-order valence-corrected chi connectivity index (χ2v) is 7.94. The maximum Gasteiger partial charge on any atom is 0.259 e. The maximum atomic E-state index is 14.4. The number of nitrogens with one attached hydrogen (secondary N) is 1. The summed E-state index contributed by atoms with van der Waals surface area (Å²) in [5, 5.41) is 14.6. The Labute approximate surface area is 169 Å². The summed E-state index contributed by atoms with van der Waals surface area (Å²) in [4.78, 5) is 14.5. The van der Waals surface area contributed by atoms with E-state index in [4.69, 9.17) is 0 Å². The third kappa shape index (κ3) is 3.23. The monoisotopic (exact) mass is 408 g/mol. The Hall–Kier alpha value is -3.33. The van der Waals surface area contributed by atoms with Gasteiger partial charge in [-0.25, -0.2) is 9.07 Å². The van der Waals surface area contributed by atoms with Gasteiger partial charge in [-0.3, -0.25) is 4.79 Å². The Morgan fingerprint density at radius 2 is 2.00 bits per heavy atom. The highest BCUT2D eigenvalue weighted by atomic mass is 32.1. The molecule has 0 aliphatic heterocycles. The fraction of sp³-hybridized carbons (Fsp3) is 0.200. The lowest BCUT2D eigenvalue weighted by Crippen LogP contribution is -2.17. The van der Waals surface area contributed by atoms with Gasteiger partial charge in [0, 0.05) is 17.3 Å². The van der Waals surface area contributed by atoms with E-state index in [-0.39, 0.29) is 11.6 Å². The van der Waals surface area contributed by atoms with Crippen LogP contribution in [0.3, 0.4) is 0 Å². The van der Waals surface area contributed by atoms with Gasteiger partial charge >= 0.3 is 0 Å². The normalized spacial score (nSPS) is 13.3. The number of fused-ring (bicyclic) bond motifs is 1. The van der Waals surface area contributed by atoms with Gasteiger partial charge in [0.2, 0.25) is 0 Å². The number of tetrazole rings is 1. The lowest BCUT2D eigenvalue weighted by atomic mass is 9.95. The number of hydrogen-bond donors (Lipinski definition) is 1. The molecule has 1 aromatic carbocycles. The van der Waals surface area contributed by atoms with Gasteiger partial charge in [-0.05, 0) is 72.0 Å². The molecule has 3 heterocycles. The summed E-state index contributed by atoms with van der Waals surface area (Å²) >= 11 is 1.64. The molecule has 3 aromatic heterocycles. The van der Waals surface area contributed by atoms with Crippen molar-refractivity contribution in [1.29, 1.82) is 0 Å². The van der Waals surface area contributed by atoms with Crippen molar-refractivity contribution in [3.8, 4) is 10.7 Å². The van der Waals surface area contributed by atoms with Crippen molar-refractivity contribution >= 4 is 22.9 Å². The number of thiophene rings is 1. The third-order valence-electron chi connectivity index (χ3n) is 5.03. The van der Waals surface area contributed by atoms with Gasteiger partial charge in [-0.2, -0.15) is 0 Å². The Balaban J connectivity index is 1.54. The molecule has 0 bridgehead atoms. The average molecular weight is 408 g/mol. The summed E-state index contributed by atoms with van der Waals surface area (Å²) in [7, 11) is 0. The number of aromatic nitrogens is 5. The molecule has 9 heteroatoms. The van der Waals surface area contributed by atoms with E-state index in [2.05, 4.69) is 20.8 Å². The number of rotatable bonds is 4. The third-order valence-corrected chi connectivity index (χ3v) is 6.34. The average Bonchev–Trinajstić information content (AvgIpc) is 3.49. The second kappa shape index (κ2) is 7.25. The summed E-state index contributed by atoms with van der Waals surface area (Å²) in [6.07, 6.45) is 9.28. The number of halogens is 1. The number of anilines is 1. The minimum absolute atomic E-state index is 0.0946. The molecule has 0 radical (unpaired) electrons. The van der Waals surface area contributed by atoms with E-state index in [1.54, 1.807) is 17.4 Å². The molecular weight excluding hydrogens is 391 g/mol. The van der Waals surface area contributed by atoms with Crippen LogP contribution in [0.25, 0.3) is 10.7 Å². The van der Waals surface area contributed by atoms with Crippen molar-refractivity contribution in [3.05, 3.63) is 70.9 Å². The molecule has 1 aliphatic rings. The number of carbonyl (C=O) groups is 1. The molecule has 0 fully saturated rings. The van der Waals surface area contributed by atoms with E-state index >= 15 is 0 Å². The van der Waals surface area contributed by atoms with Crippen LogP contribution in [0.1, 0.15) is 33.6 Å². The smallest absolute Gasteiger partial charge is 0.259 e. The van der Waals surface area contributed by atoms with Crippen LogP contribution in [0.4, 0.5) is 10.1 Å². The zero-order valence-corrected chi connectivity index (χ0v) is 16.2. The number of aryl methyl sites for hydroxylation is 1. The van der Waals surface area contributed by atoms with E-state index < -0.39 is 5.82 Å². The molecule has 0 saturated heterocycles. The summed E-state index contributed by atoms with van der Waals surface area (Å²) < 4.78 is 17.8. The quantitative estimate of drug-likeness (QED) is 0.557. The van der Waals surface area contributed by atoms with Crippen molar-refractivity contribution < 1.29 is 9.18 Å². The molecule has 1 amide bonds. The van der Waals surface area contributed by atoms with E-state index in [0.29, 0.717) is 11.3 Å². The first-order valence-electron chi connectivity index (χ1n) is 9.33. The first kappa shape index (κ1) is 17.7. The number of amides is 1. The molecule has 0 unspecified atom stereocenters. The molecule has 1 aliphatic carbocycles. The standard InChI is InChI=1S/C20H17FN6OS/c21-15-8-7-13(27-12-22-24-25-27)11-16(15)23-19(28)18-14-5-1-2-6-17(14)29-20(18)26-9-3-4-10-26/h3-4,7-12H,1-2,5-6H2,(H,23,28). The number of hydrogen-bond acceptors (Lipinski definition) is 5. The van der Waals surface area contributed by atoms with Gasteiger partial charge in [0.1, 0.15) is 17.1 Å². The molecule has 146 valence electrons. The summed E-state index contributed by atoms with van der Waals surface area (Å²) in [5.41, 5.74) is 2.37. The van der Waals surface area contributed by atoms with Crippen molar-refractivity contribution in [2.75, 3.05) is 5.32 Å². The predicted octanol–water partition coefficient (Wildman–Crippen LogP) is 3.78. The molecule has 7 nitrogen and oxygen atoms in total. The van der Waals surface area contributed by atoms with Gasteiger partial charge in [-0.15, -0.1) is 16.4 Å². The first-order chi connectivity index (χ1) is 14.2. The Bertz CT molecular complexity index is 1170. The van der Waals surface area contributed by atoms with Crippen LogP contribution < -0.4 is 5.32 Å². The molecule has 0 saturated carbocycles. The fourth-order valence-electron chi connectivity index (χ4n) is 3.65. The number of carbonyl (C=O) groups excluding carboxylic acids is 1. The lowest BCUT2D eigenvalue weighted by Gasteiger charge is -2.14. The second-order valence-electron chi connectivity index (χ2n) is 6.85. The fourth-order valence-corrected chi connectivity index (χ4v) is 5.01. The predicted molar refractivity (Wildman–Crippen MR) is 107 cm³/mol. The summed E-state index contributed by atoms with van der Waals surface area (Å²) in [5.74, 6) is -0.817. The highest BCUT2D eigenvalue weighted by molar-refractivity contribution is 7.15. The maximum absolute atomic E-state index is 14.4. The molecule has 0 atom stereocenters. The van der Waals surface area contributed by atoms with Crippen molar-refractivity contribution in [3.63, 3.8) is 0 Å². The number of benzene rings is 1. The molecule has 29 heavy (non-hydrogen) atoms. The SMILES string of the molecule is O=C(Nc1cc(-n2cnnn2)ccc1F)c1c(-n2cccc2)sc2c1CCCC2. The minimum Gasteiger partial charge on any atom is -0.319 e. The summed E-state index contributed by atoms with van der Waals surface area (Å²) in [6, 6.07) is 8.23. The van der Waals surface area contributed by atoms with Crippen LogP contribution in [0.2, 0.25) is 0 Å². The van der Waals surface area contributed by atoms with Gasteiger partial charge in [0.25, 0.3) is 5.91 Å². The minimum atomic E-state index is -0.512. The highest BCUT2D eigenvalue weighted by Crippen LogP contribution is 2.37. The van der Waals surface area contributed by atoms with Crippen LogP contribution >= 0.6 is 11.3 Å². The Kier molecular flexibility index (Phi) is 4.44. The molecule has 5 rings (SSSR count). The topological polar surface area (TPSA) is 77.6 Å². The van der Waals surface area contributed by atoms with Gasteiger partial charge in [-0.1, -0.05) is 0 Å². The Morgan fingerprint density at radius 1 is 1.17 bits per heavy atom. The zero-order chi connectivity index (χ0) is 19.8.